The van der Waals surface area contributed by atoms with Crippen LogP contribution in [0.25, 0.3) is 10.4 Å². The summed E-state index contributed by atoms with van der Waals surface area (Å²) in [5, 5.41) is 18.8. The number of aromatic nitrogens is 2. The van der Waals surface area contributed by atoms with E-state index in [0.717, 1.165) is 11.3 Å². The van der Waals surface area contributed by atoms with E-state index in [4.69, 9.17) is 4.84 Å². The van der Waals surface area contributed by atoms with Gasteiger partial charge in [-0.1, -0.05) is 11.4 Å². The molecule has 1 saturated heterocycles. The van der Waals surface area contributed by atoms with Gasteiger partial charge in [0.05, 0.1) is 23.9 Å². The summed E-state index contributed by atoms with van der Waals surface area (Å²) in [6.07, 6.45) is 3.22. The van der Waals surface area contributed by atoms with Crippen LogP contribution in [0, 0.1) is 11.8 Å². The molecule has 13 heteroatoms. The smallest absolute Gasteiger partial charge is 0.352 e. The van der Waals surface area contributed by atoms with Crippen molar-refractivity contribution in [3.8, 4) is 0 Å². The predicted octanol–water partition coefficient (Wildman–Crippen LogP) is 0.233. The number of nitrogens with zero attached hydrogens (tertiary/aromatic N) is 4. The Bertz CT molecular complexity index is 1180. The van der Waals surface area contributed by atoms with Gasteiger partial charge in [-0.2, -0.15) is 0 Å². The molecule has 0 saturated carbocycles. The van der Waals surface area contributed by atoms with Crippen LogP contribution in [0.15, 0.2) is 23.2 Å². The van der Waals surface area contributed by atoms with E-state index >= 15 is 0 Å². The van der Waals surface area contributed by atoms with Crippen LogP contribution in [0.4, 0.5) is 0 Å². The summed E-state index contributed by atoms with van der Waals surface area (Å²) < 4.78 is 27.5. The van der Waals surface area contributed by atoms with Crippen LogP contribution < -0.4 is 0 Å². The van der Waals surface area contributed by atoms with Gasteiger partial charge in [0.2, 0.25) is 10.9 Å². The van der Waals surface area contributed by atoms with Crippen LogP contribution >= 0.6 is 11.3 Å². The number of amides is 1. The number of thiazole rings is 1. The Morgan fingerprint density at radius 3 is 2.73 bits per heavy atom. The van der Waals surface area contributed by atoms with Gasteiger partial charge in [-0.25, -0.2) is 18.2 Å². The largest absolute Gasteiger partial charge is 0.477 e. The molecular weight excluding hydrogens is 436 g/mol. The van der Waals surface area contributed by atoms with Crippen molar-refractivity contribution in [3.63, 3.8) is 0 Å². The molecule has 3 atom stereocenters. The summed E-state index contributed by atoms with van der Waals surface area (Å²) in [6.45, 7) is 1.68. The highest BCUT2D eigenvalue weighted by Gasteiger charge is 2.58. The predicted molar refractivity (Wildman–Crippen MR) is 105 cm³/mol. The molecule has 2 aromatic rings. The fourth-order valence-corrected chi connectivity index (χ4v) is 6.71. The van der Waals surface area contributed by atoms with Gasteiger partial charge in [-0.05, 0) is 6.42 Å². The normalized spacial score (nSPS) is 24.1. The van der Waals surface area contributed by atoms with Gasteiger partial charge in [0.15, 0.2) is 0 Å². The fraction of sp³-hybridized carbons (Fsp3) is 0.471. The molecule has 162 valence electrons. The van der Waals surface area contributed by atoms with E-state index in [0.29, 0.717) is 19.7 Å². The van der Waals surface area contributed by atoms with Crippen molar-refractivity contribution in [1.29, 1.82) is 0 Å². The summed E-state index contributed by atoms with van der Waals surface area (Å²) in [5.41, 5.74) is 0.376. The molecule has 30 heavy (non-hydrogen) atoms. The highest BCUT2D eigenvalue weighted by molar-refractivity contribution is 7.89. The molecule has 0 bridgehead atoms. The number of aliphatic hydroxyl groups excluding tert-OH is 1. The van der Waals surface area contributed by atoms with E-state index in [1.165, 1.54) is 29.8 Å². The number of β-lactam (4-membered cyclic amide) rings is 1. The molecule has 2 aliphatic rings. The van der Waals surface area contributed by atoms with Crippen LogP contribution in [0.5, 0.6) is 0 Å². The first-order valence-electron chi connectivity index (χ1n) is 9.06. The molecular formula is C17H20N4O7S2. The Hall–Kier alpha value is -2.32. The lowest BCUT2D eigenvalue weighted by Crippen LogP contribution is -2.60. The quantitative estimate of drug-likeness (QED) is 0.446. The topological polar surface area (TPSA) is 142 Å². The van der Waals surface area contributed by atoms with E-state index < -0.39 is 21.9 Å². The molecule has 0 radical (unpaired) electrons. The Balaban J connectivity index is 1.83. The average Bonchev–Trinajstić information content (AvgIpc) is 3.34. The van der Waals surface area contributed by atoms with E-state index in [9.17, 15) is 28.2 Å². The van der Waals surface area contributed by atoms with Gasteiger partial charge in [0, 0.05) is 31.3 Å². The zero-order valence-electron chi connectivity index (χ0n) is 16.3. The zero-order chi connectivity index (χ0) is 22.0. The summed E-state index contributed by atoms with van der Waals surface area (Å²) in [4.78, 5) is 35.4. The monoisotopic (exact) mass is 456 g/mol. The number of hydroxylamine groups is 1. The molecule has 11 nitrogen and oxygen atoms in total. The molecule has 2 aliphatic heterocycles. The SMILES string of the molecule is CON(C)S(=O)(=O)c1ncn2cc(C3=C(C(=O)O)N4C(=O)[C@@H](CCO)[C@H]4[C@H]3C)sc12. The minimum atomic E-state index is -4.00. The van der Waals surface area contributed by atoms with Crippen molar-refractivity contribution in [2.45, 2.75) is 24.4 Å². The number of carbonyl (C=O) groups excluding carboxylic acids is 1. The maximum Gasteiger partial charge on any atom is 0.352 e. The van der Waals surface area contributed by atoms with Crippen molar-refractivity contribution < 1.29 is 33.1 Å². The van der Waals surface area contributed by atoms with E-state index in [1.54, 1.807) is 6.20 Å². The Morgan fingerprint density at radius 1 is 1.43 bits per heavy atom. The van der Waals surface area contributed by atoms with Gasteiger partial charge in [-0.3, -0.25) is 14.0 Å². The number of aliphatic carboxylic acids is 1. The summed E-state index contributed by atoms with van der Waals surface area (Å²) in [5.74, 6) is -2.26. The number of carboxylic acids is 1. The first-order chi connectivity index (χ1) is 14.1. The van der Waals surface area contributed by atoms with Crippen LogP contribution in [-0.4, -0.2) is 76.1 Å². The fourth-order valence-electron chi connectivity index (χ4n) is 4.21. The molecule has 2 N–H and O–H groups in total. The number of imidazole rings is 1. The maximum atomic E-state index is 12.6. The van der Waals surface area contributed by atoms with Gasteiger partial charge in [-0.15, -0.1) is 11.3 Å². The number of sulfonamides is 1. The van der Waals surface area contributed by atoms with E-state index in [2.05, 4.69) is 4.98 Å². The van der Waals surface area contributed by atoms with Crippen LogP contribution in [0.2, 0.25) is 0 Å². The minimum absolute atomic E-state index is 0.0948. The molecule has 2 aromatic heterocycles. The highest BCUT2D eigenvalue weighted by atomic mass is 32.2. The molecule has 0 unspecified atom stereocenters. The second-order valence-electron chi connectivity index (χ2n) is 7.13. The third-order valence-corrected chi connectivity index (χ3v) is 8.54. The number of carboxylic acid groups (broad SMARTS) is 1. The highest BCUT2D eigenvalue weighted by Crippen LogP contribution is 2.51. The number of fused-ring (bicyclic) bond motifs is 2. The van der Waals surface area contributed by atoms with Crippen LogP contribution in [-0.2, 0) is 24.4 Å². The molecule has 0 aliphatic carbocycles. The lowest BCUT2D eigenvalue weighted by atomic mass is 9.79. The summed E-state index contributed by atoms with van der Waals surface area (Å²) >= 11 is 1.09. The van der Waals surface area contributed by atoms with E-state index in [1.807, 2.05) is 6.92 Å². The van der Waals surface area contributed by atoms with Gasteiger partial charge in [0.1, 0.15) is 16.9 Å². The first-order valence-corrected chi connectivity index (χ1v) is 11.3. The second kappa shape index (κ2) is 7.13. The average molecular weight is 457 g/mol. The van der Waals surface area contributed by atoms with Crippen molar-refractivity contribution in [2.75, 3.05) is 20.8 Å². The number of hydrogen-bond donors (Lipinski definition) is 2. The number of aliphatic hydroxyl groups is 1. The minimum Gasteiger partial charge on any atom is -0.477 e. The van der Waals surface area contributed by atoms with Gasteiger partial charge >= 0.3 is 5.97 Å². The molecule has 1 fully saturated rings. The zero-order valence-corrected chi connectivity index (χ0v) is 18.0. The number of rotatable bonds is 7. The lowest BCUT2D eigenvalue weighted by molar-refractivity contribution is -0.157. The maximum absolute atomic E-state index is 12.6. The lowest BCUT2D eigenvalue weighted by Gasteiger charge is -2.45. The molecule has 1 amide bonds. The van der Waals surface area contributed by atoms with Crippen molar-refractivity contribution in [1.82, 2.24) is 18.8 Å². The number of carbonyl (C=O) groups is 2. The summed E-state index contributed by atoms with van der Waals surface area (Å²) in [6, 6.07) is -0.340. The van der Waals surface area contributed by atoms with Crippen LogP contribution in [0.3, 0.4) is 0 Å². The van der Waals surface area contributed by atoms with Crippen molar-refractivity contribution in [2.24, 2.45) is 11.8 Å². The second-order valence-corrected chi connectivity index (χ2v) is 10.0. The molecule has 4 heterocycles. The Morgan fingerprint density at radius 2 is 2.13 bits per heavy atom. The Kier molecular flexibility index (Phi) is 4.97. The molecule has 4 rings (SSSR count). The van der Waals surface area contributed by atoms with Crippen molar-refractivity contribution >= 4 is 43.6 Å². The molecule has 0 spiro atoms. The Labute approximate surface area is 175 Å². The first kappa shape index (κ1) is 20.9. The van der Waals surface area contributed by atoms with Crippen LogP contribution in [0.1, 0.15) is 18.2 Å². The molecule has 0 aromatic carbocycles. The third kappa shape index (κ3) is 2.73. The van der Waals surface area contributed by atoms with Gasteiger partial charge < -0.3 is 15.1 Å². The third-order valence-electron chi connectivity index (χ3n) is 5.66. The number of hydrogen-bond acceptors (Lipinski definition) is 8. The summed E-state index contributed by atoms with van der Waals surface area (Å²) in [7, 11) is -1.53. The van der Waals surface area contributed by atoms with Crippen molar-refractivity contribution in [3.05, 3.63) is 23.1 Å². The van der Waals surface area contributed by atoms with Gasteiger partial charge in [0.25, 0.3) is 10.0 Å². The standard InChI is InChI=1S/C17H20N4O7S2/c1-8-11(13(17(24)25)21-12(8)9(4-5-22)15(21)23)10-6-20-7-18-14(16(20)29-10)30(26,27)19(2)28-3/h6-9,12,22H,4-5H2,1-3H3,(H,24,25)/t8-,9-,12+/m0/s1. The van der Waals surface area contributed by atoms with E-state index in [-0.39, 0.29) is 41.6 Å².